The summed E-state index contributed by atoms with van der Waals surface area (Å²) in [4.78, 5) is 2.42. The zero-order chi connectivity index (χ0) is 9.07. The van der Waals surface area contributed by atoms with Gasteiger partial charge in [0.05, 0.1) is 0 Å². The van der Waals surface area contributed by atoms with Gasteiger partial charge in [0.2, 0.25) is 0 Å². The van der Waals surface area contributed by atoms with Gasteiger partial charge in [0.1, 0.15) is 0 Å². The maximum atomic E-state index is 3.53. The first-order chi connectivity index (χ1) is 4.95. The van der Waals surface area contributed by atoms with Crippen molar-refractivity contribution in [3.05, 3.63) is 0 Å². The van der Waals surface area contributed by atoms with Gasteiger partial charge in [0, 0.05) is 16.9 Å². The molecule has 0 aromatic heterocycles. The lowest BCUT2D eigenvalue weighted by Gasteiger charge is -2.38. The lowest BCUT2D eigenvalue weighted by atomic mass is 10.0. The molecule has 0 amide bonds. The molecule has 0 bridgehead atoms. The van der Waals surface area contributed by atoms with Crippen LogP contribution in [0.25, 0.3) is 0 Å². The Hall–Kier alpha value is 0.440. The number of halogens is 1. The fraction of sp³-hybridized carbons (Fsp3) is 1.00. The first kappa shape index (κ1) is 11.4. The van der Waals surface area contributed by atoms with Crippen LogP contribution in [0.4, 0.5) is 0 Å². The Bertz CT molecular complexity index is 112. The zero-order valence-electron chi connectivity index (χ0n) is 8.32. The number of nitrogens with zero attached hydrogens (tertiary/aromatic N) is 1. The van der Waals surface area contributed by atoms with E-state index < -0.39 is 0 Å². The Morgan fingerprint density at radius 3 is 2.18 bits per heavy atom. The van der Waals surface area contributed by atoms with Crippen LogP contribution in [0.1, 0.15) is 34.1 Å². The Morgan fingerprint density at radius 2 is 1.91 bits per heavy atom. The van der Waals surface area contributed by atoms with Crippen LogP contribution in [0, 0.1) is 0 Å². The molecular formula is C9H20BrN. The van der Waals surface area contributed by atoms with Crippen LogP contribution in [0.15, 0.2) is 0 Å². The highest BCUT2D eigenvalue weighted by molar-refractivity contribution is 9.09. The molecule has 0 rings (SSSR count). The first-order valence-electron chi connectivity index (χ1n) is 4.24. The lowest BCUT2D eigenvalue weighted by Crippen LogP contribution is -2.47. The third-order valence-electron chi connectivity index (χ3n) is 2.53. The summed E-state index contributed by atoms with van der Waals surface area (Å²) in [6.07, 6.45) is 1.22. The standard InChI is InChI=1S/C9H20BrN/c1-6-8(2)11(5)9(3,4)7-10/h8H,6-7H2,1-5H3. The minimum Gasteiger partial charge on any atom is -0.298 e. The van der Waals surface area contributed by atoms with Crippen LogP contribution >= 0.6 is 15.9 Å². The van der Waals surface area contributed by atoms with Crippen LogP contribution in [0.5, 0.6) is 0 Å². The second-order valence-electron chi connectivity index (χ2n) is 3.81. The van der Waals surface area contributed by atoms with Crippen molar-refractivity contribution < 1.29 is 0 Å². The van der Waals surface area contributed by atoms with Crippen molar-refractivity contribution in [2.75, 3.05) is 12.4 Å². The van der Waals surface area contributed by atoms with Crippen LogP contribution in [-0.4, -0.2) is 28.9 Å². The monoisotopic (exact) mass is 221 g/mol. The highest BCUT2D eigenvalue weighted by Gasteiger charge is 2.24. The summed E-state index contributed by atoms with van der Waals surface area (Å²) in [5.74, 6) is 0. The summed E-state index contributed by atoms with van der Waals surface area (Å²) in [5, 5.41) is 1.03. The minimum absolute atomic E-state index is 0.273. The molecule has 0 fully saturated rings. The Kier molecular flexibility index (Phi) is 4.64. The molecule has 0 heterocycles. The van der Waals surface area contributed by atoms with E-state index in [9.17, 15) is 0 Å². The number of hydrogen-bond acceptors (Lipinski definition) is 1. The molecule has 0 saturated heterocycles. The van der Waals surface area contributed by atoms with E-state index in [2.05, 4.69) is 55.6 Å². The Morgan fingerprint density at radius 1 is 1.45 bits per heavy atom. The molecule has 0 N–H and O–H groups in total. The smallest absolute Gasteiger partial charge is 0.0249 e. The highest BCUT2D eigenvalue weighted by Crippen LogP contribution is 2.18. The van der Waals surface area contributed by atoms with E-state index in [-0.39, 0.29) is 5.54 Å². The molecule has 0 aliphatic carbocycles. The molecule has 0 radical (unpaired) electrons. The van der Waals surface area contributed by atoms with E-state index >= 15 is 0 Å². The third kappa shape index (κ3) is 3.12. The number of hydrogen-bond donors (Lipinski definition) is 0. The van der Waals surface area contributed by atoms with Gasteiger partial charge in [-0.05, 0) is 34.2 Å². The fourth-order valence-electron chi connectivity index (χ4n) is 0.965. The number of rotatable bonds is 4. The van der Waals surface area contributed by atoms with E-state index in [1.807, 2.05) is 0 Å². The normalized spacial score (nSPS) is 15.5. The van der Waals surface area contributed by atoms with Crippen molar-refractivity contribution >= 4 is 15.9 Å². The van der Waals surface area contributed by atoms with Gasteiger partial charge in [0.25, 0.3) is 0 Å². The summed E-state index contributed by atoms with van der Waals surface area (Å²) < 4.78 is 0. The van der Waals surface area contributed by atoms with Gasteiger partial charge in [-0.2, -0.15) is 0 Å². The molecule has 0 saturated carbocycles. The quantitative estimate of drug-likeness (QED) is 0.661. The molecular weight excluding hydrogens is 202 g/mol. The molecule has 0 aromatic carbocycles. The van der Waals surface area contributed by atoms with Gasteiger partial charge in [-0.1, -0.05) is 22.9 Å². The van der Waals surface area contributed by atoms with E-state index in [1.165, 1.54) is 6.42 Å². The average molecular weight is 222 g/mol. The van der Waals surface area contributed by atoms with Gasteiger partial charge >= 0.3 is 0 Å². The van der Waals surface area contributed by atoms with Gasteiger partial charge in [-0.15, -0.1) is 0 Å². The van der Waals surface area contributed by atoms with Crippen molar-refractivity contribution in [3.63, 3.8) is 0 Å². The van der Waals surface area contributed by atoms with E-state index in [4.69, 9.17) is 0 Å². The molecule has 2 heteroatoms. The molecule has 11 heavy (non-hydrogen) atoms. The van der Waals surface area contributed by atoms with Gasteiger partial charge in [-0.25, -0.2) is 0 Å². The summed E-state index contributed by atoms with van der Waals surface area (Å²) in [5.41, 5.74) is 0.273. The van der Waals surface area contributed by atoms with Gasteiger partial charge in [-0.3, -0.25) is 4.90 Å². The van der Waals surface area contributed by atoms with Crippen molar-refractivity contribution in [2.24, 2.45) is 0 Å². The summed E-state index contributed by atoms with van der Waals surface area (Å²) in [6.45, 7) is 9.01. The van der Waals surface area contributed by atoms with Gasteiger partial charge < -0.3 is 0 Å². The molecule has 0 spiro atoms. The van der Waals surface area contributed by atoms with E-state index in [1.54, 1.807) is 0 Å². The molecule has 1 nitrogen and oxygen atoms in total. The topological polar surface area (TPSA) is 3.24 Å². The molecule has 0 aromatic rings. The van der Waals surface area contributed by atoms with Crippen molar-refractivity contribution in [1.82, 2.24) is 4.90 Å². The van der Waals surface area contributed by atoms with E-state index in [0.29, 0.717) is 6.04 Å². The molecule has 68 valence electrons. The molecule has 1 unspecified atom stereocenters. The van der Waals surface area contributed by atoms with E-state index in [0.717, 1.165) is 5.33 Å². The Balaban J connectivity index is 4.10. The predicted octanol–water partition coefficient (Wildman–Crippen LogP) is 2.89. The second kappa shape index (κ2) is 4.46. The lowest BCUT2D eigenvalue weighted by molar-refractivity contribution is 0.128. The second-order valence-corrected chi connectivity index (χ2v) is 4.37. The molecule has 0 aliphatic heterocycles. The summed E-state index contributed by atoms with van der Waals surface area (Å²) in [7, 11) is 2.19. The van der Waals surface area contributed by atoms with Crippen LogP contribution < -0.4 is 0 Å². The minimum atomic E-state index is 0.273. The average Bonchev–Trinajstić information content (AvgIpc) is 2.01. The molecule has 1 atom stereocenters. The van der Waals surface area contributed by atoms with Crippen molar-refractivity contribution in [3.8, 4) is 0 Å². The summed E-state index contributed by atoms with van der Waals surface area (Å²) in [6, 6.07) is 0.669. The Labute approximate surface area is 79.3 Å². The van der Waals surface area contributed by atoms with Crippen LogP contribution in [0.2, 0.25) is 0 Å². The maximum Gasteiger partial charge on any atom is 0.0249 e. The third-order valence-corrected chi connectivity index (χ3v) is 3.91. The first-order valence-corrected chi connectivity index (χ1v) is 5.36. The van der Waals surface area contributed by atoms with Crippen molar-refractivity contribution in [1.29, 1.82) is 0 Å². The zero-order valence-corrected chi connectivity index (χ0v) is 9.90. The SMILES string of the molecule is CCC(C)N(C)C(C)(C)CBr. The fourth-order valence-corrected chi connectivity index (χ4v) is 1.36. The largest absolute Gasteiger partial charge is 0.298 e. The van der Waals surface area contributed by atoms with Crippen LogP contribution in [-0.2, 0) is 0 Å². The maximum absolute atomic E-state index is 3.53. The predicted molar refractivity (Wildman–Crippen MR) is 55.4 cm³/mol. The highest BCUT2D eigenvalue weighted by atomic mass is 79.9. The van der Waals surface area contributed by atoms with Crippen molar-refractivity contribution in [2.45, 2.75) is 45.7 Å². The molecule has 0 aliphatic rings. The van der Waals surface area contributed by atoms with Gasteiger partial charge in [0.15, 0.2) is 0 Å². The summed E-state index contributed by atoms with van der Waals surface area (Å²) >= 11 is 3.53. The number of alkyl halides is 1. The van der Waals surface area contributed by atoms with Crippen LogP contribution in [0.3, 0.4) is 0 Å².